The van der Waals surface area contributed by atoms with E-state index in [2.05, 4.69) is 9.36 Å². The number of nitrogen functional groups attached to an aromatic ring is 1. The summed E-state index contributed by atoms with van der Waals surface area (Å²) < 4.78 is 5.27. The Morgan fingerprint density at radius 1 is 1.50 bits per heavy atom. The van der Waals surface area contributed by atoms with Crippen LogP contribution in [0.5, 0.6) is 0 Å². The van der Waals surface area contributed by atoms with Gasteiger partial charge in [-0.15, -0.1) is 23.1 Å². The van der Waals surface area contributed by atoms with Crippen molar-refractivity contribution >= 4 is 40.4 Å². The van der Waals surface area contributed by atoms with Gasteiger partial charge in [0, 0.05) is 11.1 Å². The van der Waals surface area contributed by atoms with Crippen LogP contribution in [0.3, 0.4) is 0 Å². The average Bonchev–Trinajstić information content (AvgIpc) is 2.71. The minimum Gasteiger partial charge on any atom is -0.382 e. The number of anilines is 1. The fourth-order valence-corrected chi connectivity index (χ4v) is 3.46. The van der Waals surface area contributed by atoms with E-state index in [1.165, 1.54) is 11.5 Å². The van der Waals surface area contributed by atoms with E-state index < -0.39 is 0 Å². The van der Waals surface area contributed by atoms with Crippen molar-refractivity contribution in [3.05, 3.63) is 11.1 Å². The number of nitrogens with zero attached hydrogens (tertiary/aromatic N) is 2. The third-order valence-electron chi connectivity index (χ3n) is 1.71. The van der Waals surface area contributed by atoms with E-state index in [0.29, 0.717) is 5.82 Å². The average molecular weight is 243 g/mol. The van der Waals surface area contributed by atoms with E-state index in [0.717, 1.165) is 20.5 Å². The van der Waals surface area contributed by atoms with Gasteiger partial charge in [-0.2, -0.15) is 4.37 Å². The molecule has 3 nitrogen and oxygen atoms in total. The van der Waals surface area contributed by atoms with Crippen molar-refractivity contribution in [1.29, 1.82) is 0 Å². The third kappa shape index (κ3) is 1.65. The minimum atomic E-state index is 0.591. The van der Waals surface area contributed by atoms with Crippen molar-refractivity contribution in [2.75, 3.05) is 12.0 Å². The summed E-state index contributed by atoms with van der Waals surface area (Å²) in [6.45, 7) is 1.98. The van der Waals surface area contributed by atoms with Crippen molar-refractivity contribution in [2.45, 2.75) is 11.1 Å². The minimum absolute atomic E-state index is 0.591. The lowest BCUT2D eigenvalue weighted by atomic mass is 10.3. The Bertz CT molecular complexity index is 446. The number of aryl methyl sites for hydroxylation is 1. The maximum Gasteiger partial charge on any atom is 0.148 e. The molecule has 0 amide bonds. The molecule has 0 bridgehead atoms. The van der Waals surface area contributed by atoms with Gasteiger partial charge in [0.25, 0.3) is 0 Å². The molecule has 2 rings (SSSR count). The van der Waals surface area contributed by atoms with Gasteiger partial charge in [0.15, 0.2) is 0 Å². The lowest BCUT2D eigenvalue weighted by Crippen LogP contribution is -1.87. The second-order valence-corrected chi connectivity index (χ2v) is 5.43. The van der Waals surface area contributed by atoms with Gasteiger partial charge < -0.3 is 5.73 Å². The van der Waals surface area contributed by atoms with Crippen LogP contribution in [-0.2, 0) is 0 Å². The van der Waals surface area contributed by atoms with Crippen molar-refractivity contribution in [3.8, 4) is 10.6 Å². The number of thiazole rings is 1. The van der Waals surface area contributed by atoms with Crippen LogP contribution in [0.25, 0.3) is 10.6 Å². The van der Waals surface area contributed by atoms with E-state index in [1.54, 1.807) is 23.1 Å². The summed E-state index contributed by atoms with van der Waals surface area (Å²) >= 11 is 4.71. The van der Waals surface area contributed by atoms with Crippen LogP contribution in [-0.4, -0.2) is 15.6 Å². The number of aromatic nitrogens is 2. The number of hydrogen-bond donors (Lipinski definition) is 1. The van der Waals surface area contributed by atoms with Gasteiger partial charge in [0.1, 0.15) is 10.8 Å². The zero-order valence-electron chi connectivity index (χ0n) is 7.77. The molecule has 0 spiro atoms. The summed E-state index contributed by atoms with van der Waals surface area (Å²) in [4.78, 5) is 4.41. The lowest BCUT2D eigenvalue weighted by molar-refractivity contribution is 1.26. The van der Waals surface area contributed by atoms with Gasteiger partial charge in [0.2, 0.25) is 0 Å². The summed E-state index contributed by atoms with van der Waals surface area (Å²) in [5.74, 6) is 0.591. The molecule has 6 heteroatoms. The van der Waals surface area contributed by atoms with Gasteiger partial charge in [-0.3, -0.25) is 0 Å². The fraction of sp³-hybridized carbons (Fsp3) is 0.250. The normalized spacial score (nSPS) is 10.7. The van der Waals surface area contributed by atoms with Crippen molar-refractivity contribution in [3.63, 3.8) is 0 Å². The number of rotatable bonds is 2. The molecule has 14 heavy (non-hydrogen) atoms. The van der Waals surface area contributed by atoms with Crippen molar-refractivity contribution in [1.82, 2.24) is 9.36 Å². The van der Waals surface area contributed by atoms with E-state index in [9.17, 15) is 0 Å². The van der Waals surface area contributed by atoms with Gasteiger partial charge >= 0.3 is 0 Å². The van der Waals surface area contributed by atoms with Crippen molar-refractivity contribution in [2.24, 2.45) is 0 Å². The Balaban J connectivity index is 2.54. The molecule has 0 unspecified atom stereocenters. The molecule has 0 atom stereocenters. The Hall–Kier alpha value is -0.590. The molecular formula is C8H9N3S3. The monoisotopic (exact) mass is 243 g/mol. The van der Waals surface area contributed by atoms with Crippen LogP contribution in [0.1, 0.15) is 5.69 Å². The highest BCUT2D eigenvalue weighted by atomic mass is 32.2. The van der Waals surface area contributed by atoms with Crippen LogP contribution in [0.2, 0.25) is 0 Å². The summed E-state index contributed by atoms with van der Waals surface area (Å²) in [5, 5.41) is 2.99. The molecule has 0 fully saturated rings. The molecular weight excluding hydrogens is 234 g/mol. The zero-order chi connectivity index (χ0) is 10.1. The summed E-state index contributed by atoms with van der Waals surface area (Å²) in [6.07, 6.45) is 2.02. The number of hydrogen-bond acceptors (Lipinski definition) is 6. The second-order valence-electron chi connectivity index (χ2n) is 2.73. The molecule has 2 aromatic rings. The largest absolute Gasteiger partial charge is 0.382 e. The molecule has 0 aliphatic heterocycles. The molecule has 2 aromatic heterocycles. The van der Waals surface area contributed by atoms with Gasteiger partial charge in [-0.05, 0) is 24.7 Å². The molecule has 0 aliphatic carbocycles. The van der Waals surface area contributed by atoms with Crippen molar-refractivity contribution < 1.29 is 0 Å². The molecule has 0 saturated heterocycles. The first-order valence-electron chi connectivity index (χ1n) is 3.94. The summed E-state index contributed by atoms with van der Waals surface area (Å²) in [6, 6.07) is 0. The Morgan fingerprint density at radius 3 is 2.86 bits per heavy atom. The van der Waals surface area contributed by atoms with Crippen LogP contribution in [0.4, 0.5) is 5.82 Å². The number of nitrogens with two attached hydrogens (primary N) is 1. The van der Waals surface area contributed by atoms with Gasteiger partial charge in [-0.1, -0.05) is 0 Å². The van der Waals surface area contributed by atoms with Crippen LogP contribution in [0.15, 0.2) is 9.59 Å². The smallest absolute Gasteiger partial charge is 0.148 e. The highest BCUT2D eigenvalue weighted by Gasteiger charge is 2.15. The standard InChI is InChI=1S/C8H9N3S3/c1-4-3-13-7(10-4)5-6(9)11-14-8(5)12-2/h3H,1-2H3,(H2,9,11). The molecule has 2 N–H and O–H groups in total. The quantitative estimate of drug-likeness (QED) is 0.824. The predicted octanol–water partition coefficient (Wildman–Crippen LogP) is 2.88. The SMILES string of the molecule is CSc1snc(N)c1-c1nc(C)cs1. The molecule has 0 radical (unpaired) electrons. The first-order valence-corrected chi connectivity index (χ1v) is 6.81. The zero-order valence-corrected chi connectivity index (χ0v) is 10.2. The summed E-state index contributed by atoms with van der Waals surface area (Å²) in [7, 11) is 0. The second kappa shape index (κ2) is 3.88. The number of thioether (sulfide) groups is 1. The molecule has 74 valence electrons. The van der Waals surface area contributed by atoms with Gasteiger partial charge in [0.05, 0.1) is 9.77 Å². The lowest BCUT2D eigenvalue weighted by Gasteiger charge is -1.95. The molecule has 0 aliphatic rings. The van der Waals surface area contributed by atoms with Crippen LogP contribution < -0.4 is 5.73 Å². The van der Waals surface area contributed by atoms with Crippen LogP contribution >= 0.6 is 34.6 Å². The highest BCUT2D eigenvalue weighted by Crippen LogP contribution is 2.39. The molecule has 0 saturated carbocycles. The van der Waals surface area contributed by atoms with E-state index in [-0.39, 0.29) is 0 Å². The predicted molar refractivity (Wildman–Crippen MR) is 64.2 cm³/mol. The maximum absolute atomic E-state index is 5.81. The molecule has 0 aromatic carbocycles. The van der Waals surface area contributed by atoms with E-state index in [1.807, 2.05) is 18.6 Å². The highest BCUT2D eigenvalue weighted by molar-refractivity contribution is 8.00. The molecule has 2 heterocycles. The third-order valence-corrected chi connectivity index (χ3v) is 4.64. The Labute approximate surface area is 94.5 Å². The van der Waals surface area contributed by atoms with E-state index in [4.69, 9.17) is 5.73 Å². The first-order chi connectivity index (χ1) is 6.72. The van der Waals surface area contributed by atoms with E-state index >= 15 is 0 Å². The fourth-order valence-electron chi connectivity index (χ4n) is 1.09. The van der Waals surface area contributed by atoms with Crippen LogP contribution in [0, 0.1) is 6.92 Å². The Kier molecular flexibility index (Phi) is 2.76. The van der Waals surface area contributed by atoms with Gasteiger partial charge in [-0.25, -0.2) is 4.98 Å². The first kappa shape index (κ1) is 9.95. The Morgan fingerprint density at radius 2 is 2.29 bits per heavy atom. The summed E-state index contributed by atoms with van der Waals surface area (Å²) in [5.41, 5.74) is 7.84. The maximum atomic E-state index is 5.81. The topological polar surface area (TPSA) is 51.8 Å².